The highest BCUT2D eigenvalue weighted by Crippen LogP contribution is 2.46. The van der Waals surface area contributed by atoms with Crippen LogP contribution in [-0.4, -0.2) is 67.3 Å². The first kappa shape index (κ1) is 35.0. The third kappa shape index (κ3) is 8.05. The van der Waals surface area contributed by atoms with E-state index in [1.54, 1.807) is 0 Å². The van der Waals surface area contributed by atoms with Crippen molar-refractivity contribution in [3.8, 4) is 5.75 Å². The molecule has 4 aliphatic rings. The van der Waals surface area contributed by atoms with Crippen LogP contribution in [0.3, 0.4) is 0 Å². The maximum absolute atomic E-state index is 13.7. The highest BCUT2D eigenvalue weighted by atomic mass is 35.5. The Kier molecular flexibility index (Phi) is 11.3. The predicted octanol–water partition coefficient (Wildman–Crippen LogP) is 5.11. The quantitative estimate of drug-likeness (QED) is 0.264. The minimum absolute atomic E-state index is 0. The molecule has 0 saturated carbocycles. The molecule has 4 heterocycles. The number of carbonyl (C=O) groups excluding carboxylic acids is 1. The highest BCUT2D eigenvalue weighted by molar-refractivity contribution is 6.42. The minimum Gasteiger partial charge on any atom is -1.00 e. The first-order valence-corrected chi connectivity index (χ1v) is 17.4. The van der Waals surface area contributed by atoms with Crippen molar-refractivity contribution in [1.82, 2.24) is 4.90 Å². The van der Waals surface area contributed by atoms with Gasteiger partial charge in [-0.3, -0.25) is 4.79 Å². The van der Waals surface area contributed by atoms with Gasteiger partial charge in [0, 0.05) is 25.8 Å². The van der Waals surface area contributed by atoms with E-state index < -0.39 is 5.60 Å². The zero-order valence-electron chi connectivity index (χ0n) is 27.2. The molecule has 4 aliphatic heterocycles. The highest BCUT2D eigenvalue weighted by Gasteiger charge is 2.49. The van der Waals surface area contributed by atoms with Crippen molar-refractivity contribution in [1.29, 1.82) is 0 Å². The Morgan fingerprint density at radius 3 is 2.30 bits per heavy atom. The van der Waals surface area contributed by atoms with Gasteiger partial charge in [0.25, 0.3) is 0 Å². The van der Waals surface area contributed by atoms with Crippen LogP contribution in [0.2, 0.25) is 10.0 Å². The van der Waals surface area contributed by atoms with Gasteiger partial charge < -0.3 is 31.3 Å². The lowest BCUT2D eigenvalue weighted by molar-refractivity contribution is -0.945. The van der Waals surface area contributed by atoms with E-state index in [1.165, 1.54) is 50.9 Å². The van der Waals surface area contributed by atoms with E-state index in [9.17, 15) is 4.79 Å². The molecular formula is C38H47Cl3N2O3. The molecule has 1 unspecified atom stereocenters. The Morgan fingerprint density at radius 2 is 1.61 bits per heavy atom. The molecule has 0 radical (unpaired) electrons. The maximum Gasteiger partial charge on any atom is 0.227 e. The fourth-order valence-corrected chi connectivity index (χ4v) is 8.23. The van der Waals surface area contributed by atoms with Crippen molar-refractivity contribution >= 4 is 29.1 Å². The lowest BCUT2D eigenvalue weighted by Crippen LogP contribution is -3.00. The molecule has 3 aromatic rings. The van der Waals surface area contributed by atoms with Crippen LogP contribution in [0.15, 0.2) is 72.8 Å². The van der Waals surface area contributed by atoms with Gasteiger partial charge in [0.2, 0.25) is 5.91 Å². The van der Waals surface area contributed by atoms with Crippen LogP contribution >= 0.6 is 23.2 Å². The van der Waals surface area contributed by atoms with Gasteiger partial charge in [-0.15, -0.1) is 0 Å². The molecule has 248 valence electrons. The number of likely N-dealkylation sites (tertiary alicyclic amines) is 1. The van der Waals surface area contributed by atoms with Crippen LogP contribution in [0.1, 0.15) is 62.6 Å². The Bertz CT molecular complexity index is 1460. The second kappa shape index (κ2) is 14.9. The molecule has 0 N–H and O–H groups in total. The monoisotopic (exact) mass is 684 g/mol. The fourth-order valence-electron chi connectivity index (χ4n) is 7.94. The standard InChI is InChI=1S/C38H47Cl2N2O3.ClH/c1-29(2)45-33-11-6-10-31(24-33)25-36(43)41-18-7-14-38(28-41,32-12-13-34(39)35(40)26-32)44-23-22-42-19-15-37(16-20-42,17-21-42)27-30-8-4-3-5-9-30;/h3-6,8-13,24,26,29H,7,14-23,25,27-28H2,1-2H3;1H/q+1;/p-1. The summed E-state index contributed by atoms with van der Waals surface area (Å²) in [5, 5.41) is 1.05. The van der Waals surface area contributed by atoms with E-state index in [1.807, 2.05) is 61.2 Å². The normalized spacial score (nSPS) is 25.7. The summed E-state index contributed by atoms with van der Waals surface area (Å²) in [5.74, 6) is 0.899. The van der Waals surface area contributed by atoms with Gasteiger partial charge in [-0.1, -0.05) is 71.7 Å². The van der Waals surface area contributed by atoms with Crippen molar-refractivity contribution in [2.24, 2.45) is 5.41 Å². The molecule has 0 aromatic heterocycles. The SMILES string of the molecule is CC(C)Oc1cccc(CC(=O)N2CCCC(OCC[N+]34CCC(Cc5ccccc5)(CC3)CC4)(c3ccc(Cl)c(Cl)c3)C2)c1.[Cl-]. The van der Waals surface area contributed by atoms with Crippen LogP contribution < -0.4 is 17.1 Å². The van der Waals surface area contributed by atoms with Gasteiger partial charge >= 0.3 is 0 Å². The summed E-state index contributed by atoms with van der Waals surface area (Å²) in [6.45, 7) is 10.6. The molecule has 8 heteroatoms. The average molecular weight is 686 g/mol. The second-order valence-electron chi connectivity index (χ2n) is 14.0. The number of halogens is 3. The zero-order chi connectivity index (χ0) is 31.5. The molecule has 4 fully saturated rings. The molecule has 46 heavy (non-hydrogen) atoms. The summed E-state index contributed by atoms with van der Waals surface area (Å²) in [6, 6.07) is 24.7. The number of fused-ring (bicyclic) bond motifs is 3. The van der Waals surface area contributed by atoms with Gasteiger partial charge in [0.05, 0.1) is 55.4 Å². The number of hydrogen-bond acceptors (Lipinski definition) is 3. The van der Waals surface area contributed by atoms with Crippen LogP contribution in [0.4, 0.5) is 0 Å². The molecule has 2 bridgehead atoms. The topological polar surface area (TPSA) is 38.8 Å². The summed E-state index contributed by atoms with van der Waals surface area (Å²) in [4.78, 5) is 15.7. The lowest BCUT2D eigenvalue weighted by Gasteiger charge is -2.55. The van der Waals surface area contributed by atoms with Crippen molar-refractivity contribution < 1.29 is 31.2 Å². The van der Waals surface area contributed by atoms with Crippen molar-refractivity contribution in [2.75, 3.05) is 45.9 Å². The number of piperidine rings is 4. The number of benzene rings is 3. The number of nitrogens with zero attached hydrogens (tertiary/aromatic N) is 2. The fraction of sp³-hybridized carbons (Fsp3) is 0.500. The van der Waals surface area contributed by atoms with Crippen LogP contribution in [-0.2, 0) is 28.0 Å². The first-order valence-electron chi connectivity index (χ1n) is 16.7. The van der Waals surface area contributed by atoms with Gasteiger partial charge in [0.1, 0.15) is 17.9 Å². The largest absolute Gasteiger partial charge is 1.00 e. The summed E-state index contributed by atoms with van der Waals surface area (Å²) < 4.78 is 14.0. The molecule has 1 atom stereocenters. The number of hydrogen-bond donors (Lipinski definition) is 0. The predicted molar refractivity (Wildman–Crippen MR) is 182 cm³/mol. The van der Waals surface area contributed by atoms with Crippen LogP contribution in [0, 0.1) is 5.41 Å². The van der Waals surface area contributed by atoms with Gasteiger partial charge in [-0.2, -0.15) is 0 Å². The third-order valence-corrected chi connectivity index (χ3v) is 11.3. The zero-order valence-corrected chi connectivity index (χ0v) is 29.4. The molecular weight excluding hydrogens is 639 g/mol. The van der Waals surface area contributed by atoms with E-state index in [2.05, 4.69) is 30.3 Å². The Balaban J connectivity index is 0.00000417. The first-order chi connectivity index (χ1) is 21.7. The number of ether oxygens (including phenoxy) is 2. The molecule has 0 aliphatic carbocycles. The Morgan fingerprint density at radius 1 is 0.891 bits per heavy atom. The smallest absolute Gasteiger partial charge is 0.227 e. The van der Waals surface area contributed by atoms with Crippen molar-refractivity contribution in [3.05, 3.63) is 99.5 Å². The summed E-state index contributed by atoms with van der Waals surface area (Å²) >= 11 is 12.9. The lowest BCUT2D eigenvalue weighted by atomic mass is 9.67. The van der Waals surface area contributed by atoms with E-state index in [-0.39, 0.29) is 24.4 Å². The summed E-state index contributed by atoms with van der Waals surface area (Å²) in [6.07, 6.45) is 7.17. The third-order valence-electron chi connectivity index (χ3n) is 10.6. The van der Waals surface area contributed by atoms with Crippen molar-refractivity contribution in [2.45, 2.75) is 70.5 Å². The van der Waals surface area contributed by atoms with Crippen LogP contribution in [0.25, 0.3) is 0 Å². The number of quaternary nitrogens is 1. The van der Waals surface area contributed by atoms with E-state index >= 15 is 0 Å². The average Bonchev–Trinajstić information content (AvgIpc) is 3.04. The van der Waals surface area contributed by atoms with E-state index in [0.29, 0.717) is 35.0 Å². The van der Waals surface area contributed by atoms with E-state index in [4.69, 9.17) is 32.7 Å². The van der Waals surface area contributed by atoms with Crippen molar-refractivity contribution in [3.63, 3.8) is 0 Å². The molecule has 3 aromatic carbocycles. The number of amides is 1. The van der Waals surface area contributed by atoms with Gasteiger partial charge in [0.15, 0.2) is 0 Å². The molecule has 7 rings (SSSR count). The Labute approximate surface area is 291 Å². The van der Waals surface area contributed by atoms with Gasteiger partial charge in [-0.05, 0) is 79.5 Å². The summed E-state index contributed by atoms with van der Waals surface area (Å²) in [7, 11) is 0. The molecule has 4 saturated heterocycles. The molecule has 5 nitrogen and oxygen atoms in total. The number of carbonyl (C=O) groups is 1. The van der Waals surface area contributed by atoms with E-state index in [0.717, 1.165) is 47.3 Å². The van der Waals surface area contributed by atoms with Crippen LogP contribution in [0.5, 0.6) is 5.75 Å². The summed E-state index contributed by atoms with van der Waals surface area (Å²) in [5.41, 5.74) is 3.26. The van der Waals surface area contributed by atoms with Gasteiger partial charge in [-0.25, -0.2) is 0 Å². The minimum atomic E-state index is -0.619. The molecule has 1 amide bonds. The second-order valence-corrected chi connectivity index (χ2v) is 14.8. The number of rotatable bonds is 11. The maximum atomic E-state index is 13.7. The molecule has 0 spiro atoms. The Hall–Kier alpha value is -2.28.